The van der Waals surface area contributed by atoms with Crippen molar-refractivity contribution in [3.63, 3.8) is 0 Å². The van der Waals surface area contributed by atoms with Crippen LogP contribution in [-0.2, 0) is 11.3 Å². The summed E-state index contributed by atoms with van der Waals surface area (Å²) in [5, 5.41) is 9.03. The number of aromatic carboxylic acids is 1. The number of methoxy groups -OCH3 is 1. The molecule has 0 aliphatic carbocycles. The Hall–Kier alpha value is -2.07. The predicted molar refractivity (Wildman–Crippen MR) is 63.9 cm³/mol. The maximum atomic E-state index is 11.0. The highest BCUT2D eigenvalue weighted by molar-refractivity contribution is 5.94. The van der Waals surface area contributed by atoms with Crippen LogP contribution in [0, 0.1) is 0 Å². The van der Waals surface area contributed by atoms with Crippen molar-refractivity contribution in [3.8, 4) is 11.1 Å². The van der Waals surface area contributed by atoms with Crippen molar-refractivity contribution in [2.75, 3.05) is 7.11 Å². The summed E-state index contributed by atoms with van der Waals surface area (Å²) in [6.45, 7) is 0.515. The fraction of sp³-hybridized carbons (Fsp3) is 0.154. The molecule has 1 aromatic carbocycles. The SMILES string of the molecule is COCc1cccc(-c2cc[nH]c2C(=O)O)c1. The predicted octanol–water partition coefficient (Wildman–Crippen LogP) is 2.53. The van der Waals surface area contributed by atoms with Crippen molar-refractivity contribution in [1.29, 1.82) is 0 Å². The smallest absolute Gasteiger partial charge is 0.352 e. The molecule has 0 fully saturated rings. The minimum absolute atomic E-state index is 0.208. The third kappa shape index (κ3) is 2.37. The first-order chi connectivity index (χ1) is 8.22. The zero-order chi connectivity index (χ0) is 12.3. The summed E-state index contributed by atoms with van der Waals surface area (Å²) >= 11 is 0. The minimum Gasteiger partial charge on any atom is -0.477 e. The van der Waals surface area contributed by atoms with Crippen LogP contribution in [0.2, 0.25) is 0 Å². The summed E-state index contributed by atoms with van der Waals surface area (Å²) in [4.78, 5) is 13.7. The molecule has 1 aromatic heterocycles. The van der Waals surface area contributed by atoms with Gasteiger partial charge in [-0.15, -0.1) is 0 Å². The molecule has 0 radical (unpaired) electrons. The molecule has 0 bridgehead atoms. The number of hydrogen-bond acceptors (Lipinski definition) is 2. The van der Waals surface area contributed by atoms with Crippen LogP contribution < -0.4 is 0 Å². The van der Waals surface area contributed by atoms with E-state index in [1.807, 2.05) is 24.3 Å². The standard InChI is InChI=1S/C13H13NO3/c1-17-8-9-3-2-4-10(7-9)11-5-6-14-12(11)13(15)16/h2-7,14H,8H2,1H3,(H,15,16). The number of carboxylic acid groups (broad SMARTS) is 1. The van der Waals surface area contributed by atoms with Crippen LogP contribution in [0.4, 0.5) is 0 Å². The largest absolute Gasteiger partial charge is 0.477 e. The van der Waals surface area contributed by atoms with Crippen LogP contribution in [0.5, 0.6) is 0 Å². The van der Waals surface area contributed by atoms with Crippen molar-refractivity contribution in [2.45, 2.75) is 6.61 Å². The van der Waals surface area contributed by atoms with Gasteiger partial charge in [0.25, 0.3) is 0 Å². The highest BCUT2D eigenvalue weighted by atomic mass is 16.5. The second-order valence-corrected chi connectivity index (χ2v) is 3.70. The molecule has 0 spiro atoms. The van der Waals surface area contributed by atoms with Gasteiger partial charge in [0.2, 0.25) is 0 Å². The summed E-state index contributed by atoms with van der Waals surface area (Å²) in [6, 6.07) is 9.41. The lowest BCUT2D eigenvalue weighted by Gasteiger charge is -2.04. The van der Waals surface area contributed by atoms with Gasteiger partial charge >= 0.3 is 5.97 Å². The number of ether oxygens (including phenoxy) is 1. The highest BCUT2D eigenvalue weighted by Gasteiger charge is 2.12. The molecule has 2 N–H and O–H groups in total. The Kier molecular flexibility index (Phi) is 3.25. The van der Waals surface area contributed by atoms with Crippen LogP contribution in [0.3, 0.4) is 0 Å². The van der Waals surface area contributed by atoms with Gasteiger partial charge in [-0.3, -0.25) is 0 Å². The van der Waals surface area contributed by atoms with Gasteiger partial charge < -0.3 is 14.8 Å². The quantitative estimate of drug-likeness (QED) is 0.849. The number of benzene rings is 1. The normalized spacial score (nSPS) is 10.4. The van der Waals surface area contributed by atoms with Crippen LogP contribution in [-0.4, -0.2) is 23.2 Å². The number of nitrogens with one attached hydrogen (secondary N) is 1. The van der Waals surface area contributed by atoms with Crippen molar-refractivity contribution < 1.29 is 14.6 Å². The second-order valence-electron chi connectivity index (χ2n) is 3.70. The van der Waals surface area contributed by atoms with Gasteiger partial charge in [-0.05, 0) is 23.3 Å². The number of hydrogen-bond donors (Lipinski definition) is 2. The molecule has 0 aliphatic rings. The highest BCUT2D eigenvalue weighted by Crippen LogP contribution is 2.24. The van der Waals surface area contributed by atoms with E-state index in [9.17, 15) is 4.79 Å². The Morgan fingerprint density at radius 2 is 2.24 bits per heavy atom. The summed E-state index contributed by atoms with van der Waals surface area (Å²) in [7, 11) is 1.63. The van der Waals surface area contributed by atoms with Crippen LogP contribution in [0.25, 0.3) is 11.1 Å². The number of aromatic amines is 1. The second kappa shape index (κ2) is 4.84. The molecule has 2 rings (SSSR count). The fourth-order valence-electron chi connectivity index (χ4n) is 1.78. The molecule has 1 heterocycles. The monoisotopic (exact) mass is 231 g/mol. The lowest BCUT2D eigenvalue weighted by Crippen LogP contribution is -1.98. The number of H-pyrrole nitrogens is 1. The Labute approximate surface area is 98.9 Å². The molecule has 0 saturated carbocycles. The third-order valence-electron chi connectivity index (χ3n) is 2.51. The van der Waals surface area contributed by atoms with Gasteiger partial charge in [0, 0.05) is 18.9 Å². The number of carbonyl (C=O) groups is 1. The molecule has 0 unspecified atom stereocenters. The van der Waals surface area contributed by atoms with Crippen LogP contribution in [0.1, 0.15) is 16.1 Å². The molecule has 0 atom stereocenters. The molecule has 4 nitrogen and oxygen atoms in total. The number of carboxylic acids is 1. The Balaban J connectivity index is 2.42. The van der Waals surface area contributed by atoms with Crippen molar-refractivity contribution >= 4 is 5.97 Å². The summed E-state index contributed by atoms with van der Waals surface area (Å²) in [5.74, 6) is -0.956. The van der Waals surface area contributed by atoms with E-state index in [-0.39, 0.29) is 5.69 Å². The molecule has 88 valence electrons. The van der Waals surface area contributed by atoms with E-state index >= 15 is 0 Å². The Morgan fingerprint density at radius 3 is 2.94 bits per heavy atom. The maximum Gasteiger partial charge on any atom is 0.352 e. The number of aromatic nitrogens is 1. The molecular weight excluding hydrogens is 218 g/mol. The van der Waals surface area contributed by atoms with Crippen LogP contribution >= 0.6 is 0 Å². The molecule has 0 amide bonds. The first-order valence-corrected chi connectivity index (χ1v) is 5.21. The lowest BCUT2D eigenvalue weighted by atomic mass is 10.0. The Bertz CT molecular complexity index is 531. The molecule has 0 aliphatic heterocycles. The maximum absolute atomic E-state index is 11.0. The van der Waals surface area contributed by atoms with E-state index in [1.54, 1.807) is 19.4 Å². The van der Waals surface area contributed by atoms with Crippen molar-refractivity contribution in [1.82, 2.24) is 4.98 Å². The van der Waals surface area contributed by atoms with E-state index in [2.05, 4.69) is 4.98 Å². The molecular formula is C13H13NO3. The average molecular weight is 231 g/mol. The minimum atomic E-state index is -0.956. The van der Waals surface area contributed by atoms with Gasteiger partial charge in [-0.1, -0.05) is 18.2 Å². The zero-order valence-electron chi connectivity index (χ0n) is 9.43. The van der Waals surface area contributed by atoms with Crippen LogP contribution in [0.15, 0.2) is 36.5 Å². The fourth-order valence-corrected chi connectivity index (χ4v) is 1.78. The van der Waals surface area contributed by atoms with Gasteiger partial charge in [-0.2, -0.15) is 0 Å². The molecule has 17 heavy (non-hydrogen) atoms. The van der Waals surface area contributed by atoms with Gasteiger partial charge in [-0.25, -0.2) is 4.79 Å². The third-order valence-corrected chi connectivity index (χ3v) is 2.51. The summed E-state index contributed by atoms with van der Waals surface area (Å²) in [5.41, 5.74) is 2.79. The molecule has 0 saturated heterocycles. The van der Waals surface area contributed by atoms with E-state index < -0.39 is 5.97 Å². The van der Waals surface area contributed by atoms with Gasteiger partial charge in [0.15, 0.2) is 0 Å². The van der Waals surface area contributed by atoms with E-state index in [0.717, 1.165) is 11.1 Å². The summed E-state index contributed by atoms with van der Waals surface area (Å²) < 4.78 is 5.05. The van der Waals surface area contributed by atoms with E-state index in [0.29, 0.717) is 12.2 Å². The zero-order valence-corrected chi connectivity index (χ0v) is 9.43. The number of rotatable bonds is 4. The Morgan fingerprint density at radius 1 is 1.41 bits per heavy atom. The first-order valence-electron chi connectivity index (χ1n) is 5.21. The molecule has 2 aromatic rings. The van der Waals surface area contributed by atoms with E-state index in [4.69, 9.17) is 9.84 Å². The average Bonchev–Trinajstić information content (AvgIpc) is 2.79. The summed E-state index contributed by atoms with van der Waals surface area (Å²) in [6.07, 6.45) is 1.63. The van der Waals surface area contributed by atoms with E-state index in [1.165, 1.54) is 0 Å². The molecule has 4 heteroatoms. The van der Waals surface area contributed by atoms with Gasteiger partial charge in [0.1, 0.15) is 5.69 Å². The topological polar surface area (TPSA) is 62.3 Å². The van der Waals surface area contributed by atoms with Gasteiger partial charge in [0.05, 0.1) is 6.61 Å². The lowest BCUT2D eigenvalue weighted by molar-refractivity contribution is 0.0692. The van der Waals surface area contributed by atoms with Crippen molar-refractivity contribution in [3.05, 3.63) is 47.8 Å². The first kappa shape index (κ1) is 11.4. The van der Waals surface area contributed by atoms with Crippen molar-refractivity contribution in [2.24, 2.45) is 0 Å².